The summed E-state index contributed by atoms with van der Waals surface area (Å²) in [6.07, 6.45) is 1.41. The highest BCUT2D eigenvalue weighted by Crippen LogP contribution is 2.33. The van der Waals surface area contributed by atoms with Gasteiger partial charge < -0.3 is 20.3 Å². The molecule has 0 aliphatic heterocycles. The Morgan fingerprint density at radius 1 is 1.53 bits per heavy atom. The molecule has 0 aromatic heterocycles. The first-order valence-electron chi connectivity index (χ1n) is 5.32. The van der Waals surface area contributed by atoms with E-state index in [-0.39, 0.29) is 16.5 Å². The molecule has 6 nitrogen and oxygen atoms in total. The molecule has 4 N–H and O–H groups in total. The lowest BCUT2D eigenvalue weighted by Gasteiger charge is -2.05. The number of nitrogens with one attached hydrogen (secondary N) is 2. The summed E-state index contributed by atoms with van der Waals surface area (Å²) in [6, 6.07) is 2.79. The number of hydrazone groups is 1. The lowest BCUT2D eigenvalue weighted by atomic mass is 10.2. The number of aromatic hydroxyl groups is 2. The number of methoxy groups -OCH3 is 1. The second-order valence-electron chi connectivity index (χ2n) is 3.49. The van der Waals surface area contributed by atoms with Gasteiger partial charge in [0.05, 0.1) is 17.8 Å². The lowest BCUT2D eigenvalue weighted by Crippen LogP contribution is -2.34. The second-order valence-corrected chi connectivity index (χ2v) is 4.30. The van der Waals surface area contributed by atoms with Crippen molar-refractivity contribution in [3.05, 3.63) is 22.7 Å². The Bertz CT molecular complexity index is 459. The Balaban J connectivity index is 2.51. The molecular weight excluding hydrogens is 290 g/mol. The van der Waals surface area contributed by atoms with Crippen molar-refractivity contribution in [1.82, 2.24) is 10.7 Å². The van der Waals surface area contributed by atoms with E-state index in [1.165, 1.54) is 18.3 Å². The Kier molecular flexibility index (Phi) is 6.34. The molecule has 0 spiro atoms. The zero-order chi connectivity index (χ0) is 14.3. The quantitative estimate of drug-likeness (QED) is 0.215. The van der Waals surface area contributed by atoms with Crippen molar-refractivity contribution >= 4 is 35.1 Å². The standard InChI is InChI=1S/C11H14ClN3O3S/c1-18-3-2-13-11(19)15-14-6-7-4-8(12)10(17)9(16)5-7/h4-6,16-17H,2-3H2,1H3,(H2,13,15,19)/b14-6+. The van der Waals surface area contributed by atoms with Crippen LogP contribution in [-0.2, 0) is 4.74 Å². The van der Waals surface area contributed by atoms with Crippen molar-refractivity contribution in [2.24, 2.45) is 5.10 Å². The van der Waals surface area contributed by atoms with E-state index in [9.17, 15) is 10.2 Å². The number of phenols is 2. The molecule has 0 saturated carbocycles. The van der Waals surface area contributed by atoms with E-state index in [4.69, 9.17) is 28.6 Å². The maximum Gasteiger partial charge on any atom is 0.187 e. The van der Waals surface area contributed by atoms with Crippen LogP contribution in [0.1, 0.15) is 5.56 Å². The Hall–Kier alpha value is -1.57. The molecular formula is C11H14ClN3O3S. The van der Waals surface area contributed by atoms with Crippen LogP contribution in [0.2, 0.25) is 5.02 Å². The summed E-state index contributed by atoms with van der Waals surface area (Å²) in [5, 5.41) is 25.8. The highest BCUT2D eigenvalue weighted by atomic mass is 35.5. The van der Waals surface area contributed by atoms with E-state index in [0.29, 0.717) is 23.8 Å². The molecule has 0 radical (unpaired) electrons. The van der Waals surface area contributed by atoms with E-state index in [2.05, 4.69) is 15.8 Å². The number of ether oxygens (including phenoxy) is 1. The summed E-state index contributed by atoms with van der Waals surface area (Å²) < 4.78 is 4.85. The molecule has 0 saturated heterocycles. The van der Waals surface area contributed by atoms with E-state index in [1.54, 1.807) is 7.11 Å². The third-order valence-corrected chi connectivity index (χ3v) is 2.56. The summed E-state index contributed by atoms with van der Waals surface area (Å²) in [4.78, 5) is 0. The Morgan fingerprint density at radius 2 is 2.26 bits per heavy atom. The summed E-state index contributed by atoms with van der Waals surface area (Å²) in [5.74, 6) is -0.668. The van der Waals surface area contributed by atoms with Gasteiger partial charge >= 0.3 is 0 Å². The average molecular weight is 304 g/mol. The number of benzene rings is 1. The molecule has 0 atom stereocenters. The monoisotopic (exact) mass is 303 g/mol. The van der Waals surface area contributed by atoms with Crippen LogP contribution in [0.5, 0.6) is 11.5 Å². The van der Waals surface area contributed by atoms with Gasteiger partial charge in [0, 0.05) is 13.7 Å². The van der Waals surface area contributed by atoms with Gasteiger partial charge in [-0.15, -0.1) is 0 Å². The molecule has 0 bridgehead atoms. The largest absolute Gasteiger partial charge is 0.504 e. The molecule has 0 heterocycles. The van der Waals surface area contributed by atoms with Crippen LogP contribution in [0.4, 0.5) is 0 Å². The van der Waals surface area contributed by atoms with E-state index in [0.717, 1.165) is 0 Å². The topological polar surface area (TPSA) is 86.1 Å². The van der Waals surface area contributed by atoms with E-state index < -0.39 is 0 Å². The van der Waals surface area contributed by atoms with Crippen molar-refractivity contribution in [2.45, 2.75) is 0 Å². The average Bonchev–Trinajstić information content (AvgIpc) is 2.36. The molecule has 0 unspecified atom stereocenters. The fourth-order valence-corrected chi connectivity index (χ4v) is 1.53. The predicted octanol–water partition coefficient (Wildman–Crippen LogP) is 1.20. The number of halogens is 1. The van der Waals surface area contributed by atoms with Crippen LogP contribution < -0.4 is 10.7 Å². The summed E-state index contributed by atoms with van der Waals surface area (Å²) >= 11 is 10.6. The first-order chi connectivity index (χ1) is 9.04. The van der Waals surface area contributed by atoms with Crippen LogP contribution in [0, 0.1) is 0 Å². The number of rotatable bonds is 5. The highest BCUT2D eigenvalue weighted by Gasteiger charge is 2.05. The summed E-state index contributed by atoms with van der Waals surface area (Å²) in [7, 11) is 1.59. The second kappa shape index (κ2) is 7.78. The first kappa shape index (κ1) is 15.5. The van der Waals surface area contributed by atoms with Gasteiger partial charge in [-0.3, -0.25) is 5.43 Å². The number of hydrogen-bond acceptors (Lipinski definition) is 5. The van der Waals surface area contributed by atoms with Crippen molar-refractivity contribution in [3.8, 4) is 11.5 Å². The molecule has 19 heavy (non-hydrogen) atoms. The zero-order valence-electron chi connectivity index (χ0n) is 10.2. The minimum absolute atomic E-state index is 0.0437. The number of phenolic OH excluding ortho intramolecular Hbond substituents is 2. The van der Waals surface area contributed by atoms with Crippen LogP contribution in [0.3, 0.4) is 0 Å². The molecule has 0 amide bonds. The van der Waals surface area contributed by atoms with Gasteiger partial charge in [0.1, 0.15) is 0 Å². The van der Waals surface area contributed by atoms with E-state index >= 15 is 0 Å². The van der Waals surface area contributed by atoms with E-state index in [1.807, 2.05) is 0 Å². The van der Waals surface area contributed by atoms with Crippen LogP contribution >= 0.6 is 23.8 Å². The molecule has 1 aromatic rings. The third kappa shape index (κ3) is 5.29. The molecule has 1 rings (SSSR count). The smallest absolute Gasteiger partial charge is 0.187 e. The normalized spacial score (nSPS) is 10.6. The fraction of sp³-hybridized carbons (Fsp3) is 0.273. The molecule has 104 valence electrons. The first-order valence-corrected chi connectivity index (χ1v) is 6.10. The Labute approximate surface area is 121 Å². The number of nitrogens with zero attached hydrogens (tertiary/aromatic N) is 1. The molecule has 0 fully saturated rings. The van der Waals surface area contributed by atoms with Crippen LogP contribution in [0.25, 0.3) is 0 Å². The van der Waals surface area contributed by atoms with Gasteiger partial charge in [0.2, 0.25) is 0 Å². The van der Waals surface area contributed by atoms with Gasteiger partial charge in [-0.25, -0.2) is 0 Å². The van der Waals surface area contributed by atoms with Gasteiger partial charge in [0.15, 0.2) is 16.6 Å². The van der Waals surface area contributed by atoms with Crippen molar-refractivity contribution in [1.29, 1.82) is 0 Å². The highest BCUT2D eigenvalue weighted by molar-refractivity contribution is 7.80. The molecule has 0 aliphatic rings. The number of hydrogen-bond donors (Lipinski definition) is 4. The van der Waals surface area contributed by atoms with Gasteiger partial charge in [0.25, 0.3) is 0 Å². The van der Waals surface area contributed by atoms with Gasteiger partial charge in [-0.05, 0) is 29.9 Å². The lowest BCUT2D eigenvalue weighted by molar-refractivity contribution is 0.204. The number of thiocarbonyl (C=S) groups is 1. The van der Waals surface area contributed by atoms with Gasteiger partial charge in [-0.2, -0.15) is 5.10 Å². The van der Waals surface area contributed by atoms with Crippen molar-refractivity contribution in [2.75, 3.05) is 20.3 Å². The fourth-order valence-electron chi connectivity index (χ4n) is 1.15. The summed E-state index contributed by atoms with van der Waals surface area (Å²) in [6.45, 7) is 1.11. The maximum absolute atomic E-state index is 9.36. The third-order valence-electron chi connectivity index (χ3n) is 2.04. The SMILES string of the molecule is COCCNC(=S)N/N=C/c1cc(O)c(O)c(Cl)c1. The minimum Gasteiger partial charge on any atom is -0.504 e. The minimum atomic E-state index is -0.358. The molecule has 0 aliphatic carbocycles. The predicted molar refractivity (Wildman–Crippen MR) is 78.0 cm³/mol. The van der Waals surface area contributed by atoms with Crippen LogP contribution in [0.15, 0.2) is 17.2 Å². The molecule has 1 aromatic carbocycles. The maximum atomic E-state index is 9.36. The zero-order valence-corrected chi connectivity index (χ0v) is 11.8. The Morgan fingerprint density at radius 3 is 2.89 bits per heavy atom. The summed E-state index contributed by atoms with van der Waals surface area (Å²) in [5.41, 5.74) is 3.11. The van der Waals surface area contributed by atoms with Crippen molar-refractivity contribution in [3.63, 3.8) is 0 Å². The van der Waals surface area contributed by atoms with Gasteiger partial charge in [-0.1, -0.05) is 11.6 Å². The van der Waals surface area contributed by atoms with Crippen molar-refractivity contribution < 1.29 is 14.9 Å². The molecule has 8 heteroatoms. The van der Waals surface area contributed by atoms with Crippen LogP contribution in [-0.4, -0.2) is 41.8 Å².